The van der Waals surface area contributed by atoms with Crippen LogP contribution in [-0.2, 0) is 11.3 Å². The summed E-state index contributed by atoms with van der Waals surface area (Å²) in [5, 5.41) is 9.83. The summed E-state index contributed by atoms with van der Waals surface area (Å²) in [6.45, 7) is 9.39. The second kappa shape index (κ2) is 11.5. The molecule has 1 amide bonds. The quantitative estimate of drug-likeness (QED) is 0.379. The van der Waals surface area contributed by atoms with Gasteiger partial charge in [0.1, 0.15) is 27.6 Å². The number of nitriles is 1. The zero-order valence-corrected chi connectivity index (χ0v) is 22.9. The minimum absolute atomic E-state index is 0.0948. The highest BCUT2D eigenvalue weighted by atomic mass is 32.2. The number of amides is 1. The molecule has 1 aromatic carbocycles. The van der Waals surface area contributed by atoms with Crippen LogP contribution in [0.1, 0.15) is 43.4 Å². The minimum atomic E-state index is -0.312. The SMILES string of the molecule is CCCN1C(=O)/C(=C\c2c(C)c(C#N)c(=O)n(CCC)c2N2CCN(c3ccc(F)cc3)CC2)SC1=S. The van der Waals surface area contributed by atoms with Crippen LogP contribution in [0.15, 0.2) is 34.0 Å². The molecule has 2 aliphatic heterocycles. The van der Waals surface area contributed by atoms with Gasteiger partial charge in [-0.15, -0.1) is 0 Å². The number of thiocarbonyl (C=S) groups is 1. The Morgan fingerprint density at radius 3 is 2.27 bits per heavy atom. The van der Waals surface area contributed by atoms with Crippen LogP contribution in [0.5, 0.6) is 0 Å². The fraction of sp³-hybridized carbons (Fsp3) is 0.407. The summed E-state index contributed by atoms with van der Waals surface area (Å²) in [6, 6.07) is 8.55. The number of halogens is 1. The number of aromatic nitrogens is 1. The number of anilines is 2. The molecule has 37 heavy (non-hydrogen) atoms. The number of thioether (sulfide) groups is 1. The molecule has 1 aromatic heterocycles. The van der Waals surface area contributed by atoms with E-state index in [9.17, 15) is 19.2 Å². The summed E-state index contributed by atoms with van der Waals surface area (Å²) >= 11 is 6.71. The number of carbonyl (C=O) groups excluding carboxylic acids is 1. The Morgan fingerprint density at radius 2 is 1.68 bits per heavy atom. The first-order chi connectivity index (χ1) is 17.8. The zero-order chi connectivity index (χ0) is 26.7. The molecule has 2 aromatic rings. The van der Waals surface area contributed by atoms with Crippen molar-refractivity contribution in [2.45, 2.75) is 40.2 Å². The first-order valence-corrected chi connectivity index (χ1v) is 13.7. The summed E-state index contributed by atoms with van der Waals surface area (Å²) < 4.78 is 15.6. The minimum Gasteiger partial charge on any atom is -0.368 e. The predicted molar refractivity (Wildman–Crippen MR) is 151 cm³/mol. The van der Waals surface area contributed by atoms with Crippen LogP contribution in [0.4, 0.5) is 15.9 Å². The maximum atomic E-state index is 13.4. The lowest BCUT2D eigenvalue weighted by molar-refractivity contribution is -0.122. The maximum absolute atomic E-state index is 13.4. The van der Waals surface area contributed by atoms with Gasteiger partial charge in [0.25, 0.3) is 11.5 Å². The third-order valence-corrected chi connectivity index (χ3v) is 8.04. The highest BCUT2D eigenvalue weighted by molar-refractivity contribution is 8.26. The van der Waals surface area contributed by atoms with Gasteiger partial charge in [-0.25, -0.2) is 4.39 Å². The Balaban J connectivity index is 1.78. The standard InChI is InChI=1S/C27H30FN5O2S2/c1-4-10-32-24(31-14-12-30(13-15-31)20-8-6-19(28)7-9-20)21(18(3)22(17-29)25(32)34)16-23-26(35)33(11-5-2)27(36)37-23/h6-9,16H,4-5,10-15H2,1-3H3/b23-16+. The van der Waals surface area contributed by atoms with Crippen molar-refractivity contribution >= 4 is 51.8 Å². The molecule has 0 bridgehead atoms. The molecule has 2 saturated heterocycles. The van der Waals surface area contributed by atoms with Crippen LogP contribution in [0.25, 0.3) is 6.08 Å². The summed E-state index contributed by atoms with van der Waals surface area (Å²) in [7, 11) is 0. The molecular weight excluding hydrogens is 509 g/mol. The molecule has 0 unspecified atom stereocenters. The molecular formula is C27H30FN5O2S2. The van der Waals surface area contributed by atoms with Crippen molar-refractivity contribution in [1.82, 2.24) is 9.47 Å². The Morgan fingerprint density at radius 1 is 1.05 bits per heavy atom. The highest BCUT2D eigenvalue weighted by Gasteiger charge is 2.33. The summed E-state index contributed by atoms with van der Waals surface area (Å²) in [5.74, 6) is 0.311. The van der Waals surface area contributed by atoms with E-state index in [1.165, 1.54) is 23.9 Å². The van der Waals surface area contributed by atoms with Crippen LogP contribution in [0.3, 0.4) is 0 Å². The van der Waals surface area contributed by atoms with Gasteiger partial charge < -0.3 is 9.80 Å². The van der Waals surface area contributed by atoms with Gasteiger partial charge in [0.05, 0.1) is 4.91 Å². The van der Waals surface area contributed by atoms with Gasteiger partial charge in [-0.05, 0) is 55.7 Å². The van der Waals surface area contributed by atoms with Crippen LogP contribution in [0, 0.1) is 24.1 Å². The molecule has 4 rings (SSSR count). The molecule has 0 atom stereocenters. The van der Waals surface area contributed by atoms with Gasteiger partial charge in [-0.3, -0.25) is 19.1 Å². The van der Waals surface area contributed by atoms with Crippen molar-refractivity contribution in [2.75, 3.05) is 42.5 Å². The number of nitrogens with zero attached hydrogens (tertiary/aromatic N) is 5. The summed E-state index contributed by atoms with van der Waals surface area (Å²) in [6.07, 6.45) is 3.31. The molecule has 2 fully saturated rings. The maximum Gasteiger partial charge on any atom is 0.270 e. The third-order valence-electron chi connectivity index (χ3n) is 6.66. The zero-order valence-electron chi connectivity index (χ0n) is 21.3. The van der Waals surface area contributed by atoms with Crippen LogP contribution in [-0.4, -0.2) is 52.4 Å². The second-order valence-electron chi connectivity index (χ2n) is 9.09. The van der Waals surface area contributed by atoms with Crippen LogP contribution < -0.4 is 15.4 Å². The van der Waals surface area contributed by atoms with Gasteiger partial charge in [0, 0.05) is 50.5 Å². The number of rotatable bonds is 7. The number of piperazine rings is 1. The van der Waals surface area contributed by atoms with E-state index in [1.807, 2.05) is 13.8 Å². The van der Waals surface area contributed by atoms with E-state index >= 15 is 0 Å². The molecule has 0 saturated carbocycles. The average molecular weight is 540 g/mol. The van der Waals surface area contributed by atoms with Gasteiger partial charge in [-0.1, -0.05) is 37.8 Å². The lowest BCUT2D eigenvalue weighted by Gasteiger charge is -2.39. The molecule has 7 nitrogen and oxygen atoms in total. The van der Waals surface area contributed by atoms with Crippen molar-refractivity contribution in [2.24, 2.45) is 0 Å². The Hall–Kier alpha value is -3.16. The van der Waals surface area contributed by atoms with Crippen molar-refractivity contribution in [3.05, 3.63) is 62.0 Å². The Bertz CT molecular complexity index is 1340. The lowest BCUT2D eigenvalue weighted by Crippen LogP contribution is -2.48. The fourth-order valence-corrected chi connectivity index (χ4v) is 6.08. The number of benzene rings is 1. The smallest absolute Gasteiger partial charge is 0.270 e. The third kappa shape index (κ3) is 5.29. The van der Waals surface area contributed by atoms with E-state index in [2.05, 4.69) is 15.9 Å². The average Bonchev–Trinajstić information content (AvgIpc) is 3.15. The second-order valence-corrected chi connectivity index (χ2v) is 10.8. The molecule has 0 N–H and O–H groups in total. The summed E-state index contributed by atoms with van der Waals surface area (Å²) in [4.78, 5) is 33.0. The molecule has 10 heteroatoms. The normalized spacial score (nSPS) is 17.2. The van der Waals surface area contributed by atoms with Crippen molar-refractivity contribution in [1.29, 1.82) is 5.26 Å². The predicted octanol–water partition coefficient (Wildman–Crippen LogP) is 4.52. The molecule has 194 valence electrons. The summed E-state index contributed by atoms with van der Waals surface area (Å²) in [5.41, 5.74) is 2.00. The van der Waals surface area contributed by atoms with Gasteiger partial charge in [0.15, 0.2) is 0 Å². The first kappa shape index (κ1) is 26.9. The van der Waals surface area contributed by atoms with Gasteiger partial charge in [-0.2, -0.15) is 5.26 Å². The van der Waals surface area contributed by atoms with E-state index in [4.69, 9.17) is 12.2 Å². The topological polar surface area (TPSA) is 72.6 Å². The van der Waals surface area contributed by atoms with Gasteiger partial charge >= 0.3 is 0 Å². The van der Waals surface area contributed by atoms with Crippen LogP contribution in [0.2, 0.25) is 0 Å². The molecule has 0 aliphatic carbocycles. The molecule has 3 heterocycles. The molecule has 2 aliphatic rings. The number of hydrogen-bond donors (Lipinski definition) is 0. The molecule has 0 spiro atoms. The largest absolute Gasteiger partial charge is 0.368 e. The lowest BCUT2D eigenvalue weighted by atomic mass is 10.0. The van der Waals surface area contributed by atoms with E-state index < -0.39 is 0 Å². The molecule has 0 radical (unpaired) electrons. The first-order valence-electron chi connectivity index (χ1n) is 12.5. The van der Waals surface area contributed by atoms with Crippen LogP contribution >= 0.6 is 24.0 Å². The van der Waals surface area contributed by atoms with E-state index in [1.54, 1.807) is 34.6 Å². The van der Waals surface area contributed by atoms with Gasteiger partial charge in [0.2, 0.25) is 0 Å². The van der Waals surface area contributed by atoms with Crippen molar-refractivity contribution < 1.29 is 9.18 Å². The number of carbonyl (C=O) groups is 1. The fourth-order valence-electron chi connectivity index (χ4n) is 4.79. The number of pyridine rings is 1. The Labute approximate surface area is 226 Å². The number of hydrogen-bond acceptors (Lipinski definition) is 7. The van der Waals surface area contributed by atoms with E-state index in [0.717, 1.165) is 17.9 Å². The Kier molecular flexibility index (Phi) is 8.35. The van der Waals surface area contributed by atoms with Crippen molar-refractivity contribution in [3.63, 3.8) is 0 Å². The monoisotopic (exact) mass is 539 g/mol. The highest BCUT2D eigenvalue weighted by Crippen LogP contribution is 2.36. The van der Waals surface area contributed by atoms with E-state index in [0.29, 0.717) is 66.0 Å². The van der Waals surface area contributed by atoms with E-state index in [-0.39, 0.29) is 22.8 Å². The van der Waals surface area contributed by atoms with Crippen molar-refractivity contribution in [3.8, 4) is 6.07 Å².